The molecule has 25 heavy (non-hydrogen) atoms. The summed E-state index contributed by atoms with van der Waals surface area (Å²) in [5, 5.41) is 17.7. The molecule has 6 nitrogen and oxygen atoms in total. The second kappa shape index (κ2) is 6.84. The maximum atomic E-state index is 11.1. The minimum atomic E-state index is -0.946. The SMILES string of the molecule is Cc1cccn2c(N=Nc3ccc(C(C)C)cc3)c(CC(=O)O)nc12. The first-order chi connectivity index (χ1) is 12.0. The van der Waals surface area contributed by atoms with Gasteiger partial charge >= 0.3 is 5.97 Å². The molecule has 0 radical (unpaired) electrons. The van der Waals surface area contributed by atoms with E-state index in [1.807, 2.05) is 49.5 Å². The van der Waals surface area contributed by atoms with Crippen LogP contribution in [0.4, 0.5) is 11.5 Å². The number of carboxylic acids is 1. The van der Waals surface area contributed by atoms with Crippen LogP contribution in [0.5, 0.6) is 0 Å². The van der Waals surface area contributed by atoms with Crippen molar-refractivity contribution in [1.29, 1.82) is 0 Å². The van der Waals surface area contributed by atoms with Crippen LogP contribution < -0.4 is 0 Å². The van der Waals surface area contributed by atoms with Crippen LogP contribution in [0.2, 0.25) is 0 Å². The number of hydrogen-bond donors (Lipinski definition) is 1. The van der Waals surface area contributed by atoms with Crippen molar-refractivity contribution in [3.05, 3.63) is 59.4 Å². The van der Waals surface area contributed by atoms with E-state index in [0.717, 1.165) is 5.56 Å². The fraction of sp³-hybridized carbons (Fsp3) is 0.263. The number of aryl methyl sites for hydroxylation is 1. The highest BCUT2D eigenvalue weighted by molar-refractivity contribution is 5.72. The molecular formula is C19H20N4O2. The standard InChI is InChI=1S/C19H20N4O2/c1-12(2)14-6-8-15(9-7-14)21-22-19-16(11-17(24)25)20-18-13(3)5-4-10-23(18)19/h4-10,12H,11H2,1-3H3,(H,24,25). The summed E-state index contributed by atoms with van der Waals surface area (Å²) in [6, 6.07) is 11.7. The van der Waals surface area contributed by atoms with E-state index < -0.39 is 5.97 Å². The monoisotopic (exact) mass is 336 g/mol. The summed E-state index contributed by atoms with van der Waals surface area (Å²) in [6.07, 6.45) is 1.62. The van der Waals surface area contributed by atoms with Gasteiger partial charge < -0.3 is 5.11 Å². The summed E-state index contributed by atoms with van der Waals surface area (Å²) in [7, 11) is 0. The van der Waals surface area contributed by atoms with Crippen LogP contribution in [-0.4, -0.2) is 20.5 Å². The topological polar surface area (TPSA) is 79.3 Å². The minimum absolute atomic E-state index is 0.193. The molecule has 0 unspecified atom stereocenters. The van der Waals surface area contributed by atoms with Crippen molar-refractivity contribution in [3.63, 3.8) is 0 Å². The van der Waals surface area contributed by atoms with E-state index in [1.54, 1.807) is 4.40 Å². The van der Waals surface area contributed by atoms with Gasteiger partial charge in [-0.3, -0.25) is 9.20 Å². The van der Waals surface area contributed by atoms with Crippen LogP contribution >= 0.6 is 0 Å². The lowest BCUT2D eigenvalue weighted by Crippen LogP contribution is -2.00. The molecule has 0 saturated carbocycles. The zero-order valence-corrected chi connectivity index (χ0v) is 14.5. The highest BCUT2D eigenvalue weighted by Gasteiger charge is 2.16. The Kier molecular flexibility index (Phi) is 4.61. The molecule has 0 aliphatic carbocycles. The summed E-state index contributed by atoms with van der Waals surface area (Å²) in [4.78, 5) is 15.6. The lowest BCUT2D eigenvalue weighted by molar-refractivity contribution is -0.136. The van der Waals surface area contributed by atoms with Gasteiger partial charge in [0.1, 0.15) is 5.65 Å². The van der Waals surface area contributed by atoms with Gasteiger partial charge in [-0.05, 0) is 42.2 Å². The fourth-order valence-electron chi connectivity index (χ4n) is 2.64. The lowest BCUT2D eigenvalue weighted by atomic mass is 10.0. The molecule has 3 rings (SSSR count). The van der Waals surface area contributed by atoms with Gasteiger partial charge in [-0.2, -0.15) is 0 Å². The number of imidazole rings is 1. The molecule has 0 atom stereocenters. The Labute approximate surface area is 145 Å². The molecular weight excluding hydrogens is 316 g/mol. The zero-order chi connectivity index (χ0) is 18.0. The Morgan fingerprint density at radius 3 is 2.56 bits per heavy atom. The number of carboxylic acid groups (broad SMARTS) is 1. The smallest absolute Gasteiger partial charge is 0.309 e. The first-order valence-corrected chi connectivity index (χ1v) is 8.15. The largest absolute Gasteiger partial charge is 0.481 e. The van der Waals surface area contributed by atoms with Crippen molar-refractivity contribution in [2.75, 3.05) is 0 Å². The summed E-state index contributed by atoms with van der Waals surface area (Å²) in [5.41, 5.74) is 4.01. The molecule has 128 valence electrons. The van der Waals surface area contributed by atoms with E-state index in [1.165, 1.54) is 5.56 Å². The Balaban J connectivity index is 2.01. The first kappa shape index (κ1) is 16.8. The number of nitrogens with zero attached hydrogens (tertiary/aromatic N) is 4. The van der Waals surface area contributed by atoms with Crippen molar-refractivity contribution in [2.45, 2.75) is 33.1 Å². The molecule has 0 saturated heterocycles. The van der Waals surface area contributed by atoms with E-state index in [0.29, 0.717) is 28.8 Å². The number of azo groups is 1. The summed E-state index contributed by atoms with van der Waals surface area (Å²) < 4.78 is 1.78. The third-order valence-corrected chi connectivity index (χ3v) is 4.03. The molecule has 3 aromatic rings. The van der Waals surface area contributed by atoms with E-state index in [9.17, 15) is 4.79 Å². The number of carbonyl (C=O) groups is 1. The molecule has 2 aromatic heterocycles. The number of aliphatic carboxylic acids is 1. The van der Waals surface area contributed by atoms with Crippen LogP contribution in [-0.2, 0) is 11.2 Å². The van der Waals surface area contributed by atoms with Gasteiger partial charge in [0, 0.05) is 6.20 Å². The van der Waals surface area contributed by atoms with Gasteiger partial charge in [0.25, 0.3) is 0 Å². The van der Waals surface area contributed by atoms with Crippen molar-refractivity contribution in [2.24, 2.45) is 10.2 Å². The van der Waals surface area contributed by atoms with Crippen LogP contribution in [0.15, 0.2) is 52.8 Å². The third-order valence-electron chi connectivity index (χ3n) is 4.03. The summed E-state index contributed by atoms with van der Waals surface area (Å²) >= 11 is 0. The van der Waals surface area contributed by atoms with Gasteiger partial charge in [-0.25, -0.2) is 4.98 Å². The predicted molar refractivity (Wildman–Crippen MR) is 96.0 cm³/mol. The van der Waals surface area contributed by atoms with E-state index >= 15 is 0 Å². The quantitative estimate of drug-likeness (QED) is 0.679. The van der Waals surface area contributed by atoms with Crippen molar-refractivity contribution in [1.82, 2.24) is 9.38 Å². The van der Waals surface area contributed by atoms with Crippen LogP contribution in [0.25, 0.3) is 5.65 Å². The molecule has 0 aliphatic rings. The average Bonchev–Trinajstić information content (AvgIpc) is 2.91. The molecule has 0 bridgehead atoms. The van der Waals surface area contributed by atoms with Crippen LogP contribution in [0.1, 0.15) is 36.6 Å². The van der Waals surface area contributed by atoms with E-state index in [-0.39, 0.29) is 6.42 Å². The highest BCUT2D eigenvalue weighted by Crippen LogP contribution is 2.26. The maximum absolute atomic E-state index is 11.1. The summed E-state index contributed by atoms with van der Waals surface area (Å²) in [6.45, 7) is 6.20. The van der Waals surface area contributed by atoms with Crippen LogP contribution in [0, 0.1) is 6.92 Å². The van der Waals surface area contributed by atoms with Gasteiger partial charge in [0.05, 0.1) is 17.8 Å². The molecule has 1 N–H and O–H groups in total. The van der Waals surface area contributed by atoms with E-state index in [2.05, 4.69) is 29.1 Å². The van der Waals surface area contributed by atoms with Gasteiger partial charge in [0.15, 0.2) is 5.82 Å². The molecule has 1 aromatic carbocycles. The molecule has 2 heterocycles. The Hall–Kier alpha value is -3.02. The third kappa shape index (κ3) is 3.57. The highest BCUT2D eigenvalue weighted by atomic mass is 16.4. The second-order valence-electron chi connectivity index (χ2n) is 6.28. The Morgan fingerprint density at radius 1 is 1.20 bits per heavy atom. The van der Waals surface area contributed by atoms with Gasteiger partial charge in [-0.15, -0.1) is 10.2 Å². The Morgan fingerprint density at radius 2 is 1.92 bits per heavy atom. The molecule has 6 heteroatoms. The van der Waals surface area contributed by atoms with Gasteiger partial charge in [0.2, 0.25) is 0 Å². The Bertz CT molecular complexity index is 940. The molecule has 0 spiro atoms. The number of pyridine rings is 1. The van der Waals surface area contributed by atoms with Crippen molar-refractivity contribution < 1.29 is 9.90 Å². The van der Waals surface area contributed by atoms with Crippen molar-refractivity contribution in [3.8, 4) is 0 Å². The number of benzene rings is 1. The van der Waals surface area contributed by atoms with E-state index in [4.69, 9.17) is 5.11 Å². The molecule has 0 aliphatic heterocycles. The second-order valence-corrected chi connectivity index (χ2v) is 6.28. The zero-order valence-electron chi connectivity index (χ0n) is 14.5. The normalized spacial score (nSPS) is 11.7. The average molecular weight is 336 g/mol. The minimum Gasteiger partial charge on any atom is -0.481 e. The molecule has 0 fully saturated rings. The number of fused-ring (bicyclic) bond motifs is 1. The number of rotatable bonds is 5. The first-order valence-electron chi connectivity index (χ1n) is 8.15. The fourth-order valence-corrected chi connectivity index (χ4v) is 2.64. The predicted octanol–water partition coefficient (Wildman–Crippen LogP) is 4.81. The number of aromatic nitrogens is 2. The lowest BCUT2D eigenvalue weighted by Gasteiger charge is -2.04. The maximum Gasteiger partial charge on any atom is 0.309 e. The number of hydrogen-bond acceptors (Lipinski definition) is 4. The van der Waals surface area contributed by atoms with Crippen molar-refractivity contribution >= 4 is 23.1 Å². The van der Waals surface area contributed by atoms with Crippen LogP contribution in [0.3, 0.4) is 0 Å². The van der Waals surface area contributed by atoms with Gasteiger partial charge in [-0.1, -0.05) is 32.0 Å². The molecule has 0 amide bonds. The summed E-state index contributed by atoms with van der Waals surface area (Å²) in [5.74, 6) is -0.0391.